The number of benzene rings is 2. The molecule has 1 aliphatic heterocycles. The van der Waals surface area contributed by atoms with Crippen molar-refractivity contribution < 1.29 is 9.59 Å². The fourth-order valence-corrected chi connectivity index (χ4v) is 6.05. The molecule has 4 rings (SSSR count). The average Bonchev–Trinajstić information content (AvgIpc) is 2.99. The van der Waals surface area contributed by atoms with E-state index < -0.39 is 0 Å². The first-order valence-electron chi connectivity index (χ1n) is 14.6. The van der Waals surface area contributed by atoms with Gasteiger partial charge in [0.1, 0.15) is 11.0 Å². The first-order valence-corrected chi connectivity index (χ1v) is 15.9. The Balaban J connectivity index is 1.33. The van der Waals surface area contributed by atoms with Gasteiger partial charge in [-0.05, 0) is 24.5 Å². The van der Waals surface area contributed by atoms with E-state index >= 15 is 0 Å². The summed E-state index contributed by atoms with van der Waals surface area (Å²) in [5, 5.41) is 3.95. The van der Waals surface area contributed by atoms with Gasteiger partial charge in [-0.1, -0.05) is 117 Å². The lowest BCUT2D eigenvalue weighted by molar-refractivity contribution is -0.133. The lowest BCUT2D eigenvalue weighted by Gasteiger charge is -2.40. The molecule has 1 aromatic heterocycles. The summed E-state index contributed by atoms with van der Waals surface area (Å²) in [5.74, 6) is 0.999. The molecule has 9 heteroatoms. The molecule has 218 valence electrons. The van der Waals surface area contributed by atoms with Gasteiger partial charge in [0.15, 0.2) is 5.16 Å². The first-order chi connectivity index (χ1) is 19.9. The number of halogens is 1. The van der Waals surface area contributed by atoms with Crippen LogP contribution in [0, 0.1) is 0 Å². The molecule has 1 fully saturated rings. The Bertz CT molecular complexity index is 1220. The standard InChI is InChI=1S/C32H40ClN5O2S/c1-3-4-5-6-13-18-30(40)38-20-19-37(22-24(38)2)28-21-27(33)34-32(35-28)41-23-29(39)36-31(25-14-9-7-10-15-25)26-16-11-8-12-17-26/h7-12,14-17,21,24,31H,3-6,13,18-20,22-23H2,1-2H3,(H,36,39)/t24-/m1/s1. The van der Waals surface area contributed by atoms with E-state index in [1.165, 1.54) is 31.0 Å². The monoisotopic (exact) mass is 593 g/mol. The van der Waals surface area contributed by atoms with E-state index in [4.69, 9.17) is 16.6 Å². The van der Waals surface area contributed by atoms with Crippen LogP contribution in [-0.4, -0.2) is 58.1 Å². The molecule has 0 aliphatic carbocycles. The molecule has 0 spiro atoms. The number of rotatable bonds is 13. The number of aromatic nitrogens is 2. The van der Waals surface area contributed by atoms with Crippen molar-refractivity contribution in [2.24, 2.45) is 0 Å². The summed E-state index contributed by atoms with van der Waals surface area (Å²) in [6, 6.07) is 21.4. The van der Waals surface area contributed by atoms with Gasteiger partial charge < -0.3 is 15.1 Å². The number of unbranched alkanes of at least 4 members (excludes halogenated alkanes) is 4. The summed E-state index contributed by atoms with van der Waals surface area (Å²) in [6.45, 7) is 6.29. The Hall–Kier alpha value is -3.10. The molecule has 2 aromatic carbocycles. The second kappa shape index (κ2) is 15.8. The summed E-state index contributed by atoms with van der Waals surface area (Å²) >= 11 is 7.65. The second-order valence-corrected chi connectivity index (χ2v) is 11.8. The van der Waals surface area contributed by atoms with E-state index in [1.54, 1.807) is 6.07 Å². The Morgan fingerprint density at radius 3 is 2.27 bits per heavy atom. The van der Waals surface area contributed by atoms with Crippen LogP contribution >= 0.6 is 23.4 Å². The summed E-state index contributed by atoms with van der Waals surface area (Å²) in [6.07, 6.45) is 6.33. The molecule has 1 atom stereocenters. The van der Waals surface area contributed by atoms with E-state index in [0.29, 0.717) is 36.4 Å². The highest BCUT2D eigenvalue weighted by Crippen LogP contribution is 2.26. The minimum absolute atomic E-state index is 0.0791. The van der Waals surface area contributed by atoms with Crippen LogP contribution in [-0.2, 0) is 9.59 Å². The van der Waals surface area contributed by atoms with Crippen LogP contribution < -0.4 is 10.2 Å². The molecule has 1 N–H and O–H groups in total. The van der Waals surface area contributed by atoms with Crippen LogP contribution in [0.1, 0.15) is 69.5 Å². The number of nitrogens with zero attached hydrogens (tertiary/aromatic N) is 4. The highest BCUT2D eigenvalue weighted by molar-refractivity contribution is 7.99. The molecule has 2 heterocycles. The number of hydrogen-bond acceptors (Lipinski definition) is 6. The summed E-state index contributed by atoms with van der Waals surface area (Å²) in [5.41, 5.74) is 2.03. The maximum Gasteiger partial charge on any atom is 0.231 e. The average molecular weight is 594 g/mol. The quantitative estimate of drug-likeness (QED) is 0.105. The molecule has 41 heavy (non-hydrogen) atoms. The number of thioether (sulfide) groups is 1. The third-order valence-corrected chi connectivity index (χ3v) is 8.37. The zero-order valence-electron chi connectivity index (χ0n) is 24.0. The number of carbonyl (C=O) groups excluding carboxylic acids is 2. The van der Waals surface area contributed by atoms with Crippen molar-refractivity contribution in [3.05, 3.63) is 83.0 Å². The van der Waals surface area contributed by atoms with Gasteiger partial charge >= 0.3 is 0 Å². The van der Waals surface area contributed by atoms with Gasteiger partial charge in [0.05, 0.1) is 11.8 Å². The number of carbonyl (C=O) groups is 2. The molecular weight excluding hydrogens is 554 g/mol. The van der Waals surface area contributed by atoms with Crippen molar-refractivity contribution in [2.45, 2.75) is 69.6 Å². The van der Waals surface area contributed by atoms with E-state index in [-0.39, 0.29) is 29.7 Å². The first kappa shape index (κ1) is 30.8. The minimum atomic E-state index is -0.252. The Morgan fingerprint density at radius 1 is 0.976 bits per heavy atom. The number of amides is 2. The predicted octanol–water partition coefficient (Wildman–Crippen LogP) is 6.53. The third kappa shape index (κ3) is 9.20. The lowest BCUT2D eigenvalue weighted by Crippen LogP contribution is -2.54. The highest BCUT2D eigenvalue weighted by atomic mass is 35.5. The molecule has 0 radical (unpaired) electrons. The van der Waals surface area contributed by atoms with Gasteiger partial charge in [-0.15, -0.1) is 0 Å². The summed E-state index contributed by atoms with van der Waals surface area (Å²) in [7, 11) is 0. The summed E-state index contributed by atoms with van der Waals surface area (Å²) in [4.78, 5) is 39.1. The van der Waals surface area contributed by atoms with E-state index in [2.05, 4.69) is 29.0 Å². The minimum Gasteiger partial charge on any atom is -0.353 e. The van der Waals surface area contributed by atoms with Crippen LogP contribution in [0.15, 0.2) is 71.9 Å². The molecule has 1 aliphatic rings. The van der Waals surface area contributed by atoms with Gasteiger partial charge in [0.25, 0.3) is 0 Å². The largest absolute Gasteiger partial charge is 0.353 e. The fraction of sp³-hybridized carbons (Fsp3) is 0.438. The topological polar surface area (TPSA) is 78.4 Å². The number of hydrogen-bond donors (Lipinski definition) is 1. The van der Waals surface area contributed by atoms with Crippen LogP contribution in [0.2, 0.25) is 5.15 Å². The van der Waals surface area contributed by atoms with Gasteiger partial charge in [-0.2, -0.15) is 0 Å². The Kier molecular flexibility index (Phi) is 11.9. The fourth-order valence-electron chi connectivity index (χ4n) is 5.15. The van der Waals surface area contributed by atoms with E-state index in [1.807, 2.05) is 65.6 Å². The molecular formula is C32H40ClN5O2S. The lowest BCUT2D eigenvalue weighted by atomic mass is 9.99. The molecule has 2 amide bonds. The van der Waals surface area contributed by atoms with Crippen LogP contribution in [0.25, 0.3) is 0 Å². The van der Waals surface area contributed by atoms with Crippen molar-refractivity contribution >= 4 is 41.0 Å². The number of anilines is 1. The van der Waals surface area contributed by atoms with Crippen molar-refractivity contribution in [1.82, 2.24) is 20.2 Å². The van der Waals surface area contributed by atoms with Crippen molar-refractivity contribution in [1.29, 1.82) is 0 Å². The highest BCUT2D eigenvalue weighted by Gasteiger charge is 2.28. The normalized spacial score (nSPS) is 15.3. The van der Waals surface area contributed by atoms with Crippen molar-refractivity contribution in [3.8, 4) is 0 Å². The number of piperazine rings is 1. The van der Waals surface area contributed by atoms with Gasteiger partial charge in [-0.25, -0.2) is 9.97 Å². The van der Waals surface area contributed by atoms with E-state index in [0.717, 1.165) is 29.8 Å². The van der Waals surface area contributed by atoms with Gasteiger partial charge in [-0.3, -0.25) is 9.59 Å². The zero-order chi connectivity index (χ0) is 29.0. The SMILES string of the molecule is CCCCCCCC(=O)N1CCN(c2cc(Cl)nc(SCC(=O)NC(c3ccccc3)c3ccccc3)n2)C[C@H]1C. The Morgan fingerprint density at radius 2 is 1.63 bits per heavy atom. The van der Waals surface area contributed by atoms with Gasteiger partial charge in [0.2, 0.25) is 11.8 Å². The molecule has 0 bridgehead atoms. The zero-order valence-corrected chi connectivity index (χ0v) is 25.5. The van der Waals surface area contributed by atoms with Crippen molar-refractivity contribution in [3.63, 3.8) is 0 Å². The molecule has 7 nitrogen and oxygen atoms in total. The molecule has 1 saturated heterocycles. The van der Waals surface area contributed by atoms with E-state index in [9.17, 15) is 9.59 Å². The molecule has 3 aromatic rings. The molecule has 0 unspecified atom stereocenters. The smallest absolute Gasteiger partial charge is 0.231 e. The maximum atomic E-state index is 13.0. The second-order valence-electron chi connectivity index (χ2n) is 10.5. The van der Waals surface area contributed by atoms with Crippen molar-refractivity contribution in [2.75, 3.05) is 30.3 Å². The molecule has 0 saturated carbocycles. The van der Waals surface area contributed by atoms with Crippen LogP contribution in [0.5, 0.6) is 0 Å². The summed E-state index contributed by atoms with van der Waals surface area (Å²) < 4.78 is 0. The number of nitrogens with one attached hydrogen (secondary N) is 1. The van der Waals surface area contributed by atoms with Gasteiger partial charge in [0, 0.05) is 38.2 Å². The van der Waals surface area contributed by atoms with Crippen LogP contribution in [0.3, 0.4) is 0 Å². The maximum absolute atomic E-state index is 13.0. The third-order valence-electron chi connectivity index (χ3n) is 7.33. The van der Waals surface area contributed by atoms with Crippen LogP contribution in [0.4, 0.5) is 5.82 Å². The predicted molar refractivity (Wildman–Crippen MR) is 167 cm³/mol. The Labute approximate surface area is 253 Å².